The molecule has 0 atom stereocenters. The number of aromatic nitrogens is 5. The molecule has 0 unspecified atom stereocenters. The van der Waals surface area contributed by atoms with Crippen molar-refractivity contribution in [3.63, 3.8) is 0 Å². The fourth-order valence-electron chi connectivity index (χ4n) is 3.96. The van der Waals surface area contributed by atoms with Crippen LogP contribution in [0.25, 0.3) is 22.5 Å². The summed E-state index contributed by atoms with van der Waals surface area (Å²) in [6, 6.07) is 14.0. The second-order valence-electron chi connectivity index (χ2n) is 7.99. The Kier molecular flexibility index (Phi) is 5.70. The fourth-order valence-corrected chi connectivity index (χ4v) is 4.15. The van der Waals surface area contributed by atoms with E-state index in [1.54, 1.807) is 31.2 Å². The van der Waals surface area contributed by atoms with Gasteiger partial charge in [-0.15, -0.1) is 10.2 Å². The van der Waals surface area contributed by atoms with Crippen LogP contribution in [-0.2, 0) is 10.2 Å². The van der Waals surface area contributed by atoms with Gasteiger partial charge in [-0.3, -0.25) is 4.79 Å². The Morgan fingerprint density at radius 1 is 1.21 bits per heavy atom. The van der Waals surface area contributed by atoms with E-state index in [0.717, 1.165) is 18.4 Å². The van der Waals surface area contributed by atoms with Crippen LogP contribution in [-0.4, -0.2) is 38.1 Å². The minimum absolute atomic E-state index is 0.0630. The number of H-pyrrole nitrogens is 1. The molecule has 172 valence electrons. The first-order valence-corrected chi connectivity index (χ1v) is 11.1. The summed E-state index contributed by atoms with van der Waals surface area (Å²) in [5.41, 5.74) is 2.55. The standard InChI is InChI=1S/C24H20ClFN6O2/c1-2-34-22-20(26)10-14(13-27-22)18-7-6-17(12-19(18)21-29-31-32-30-21)28-23(33)24(8-9-24)15-4-3-5-16(25)11-15/h3-7,10-13H,2,8-9H2,1H3,(H,28,33)(H,29,30,31,32). The number of pyridine rings is 1. The number of aromatic amines is 1. The average Bonchev–Trinajstić information content (AvgIpc) is 3.47. The average molecular weight is 479 g/mol. The molecule has 1 aliphatic rings. The molecule has 2 aromatic carbocycles. The summed E-state index contributed by atoms with van der Waals surface area (Å²) in [4.78, 5) is 17.3. The summed E-state index contributed by atoms with van der Waals surface area (Å²) >= 11 is 6.14. The van der Waals surface area contributed by atoms with E-state index < -0.39 is 11.2 Å². The van der Waals surface area contributed by atoms with E-state index in [4.69, 9.17) is 16.3 Å². The normalized spacial score (nSPS) is 14.0. The molecule has 0 bridgehead atoms. The van der Waals surface area contributed by atoms with Crippen molar-refractivity contribution >= 4 is 23.2 Å². The van der Waals surface area contributed by atoms with Crippen LogP contribution in [0.2, 0.25) is 5.02 Å². The van der Waals surface area contributed by atoms with Crippen LogP contribution in [0.15, 0.2) is 54.7 Å². The zero-order chi connectivity index (χ0) is 23.7. The highest BCUT2D eigenvalue weighted by Crippen LogP contribution is 2.49. The number of carbonyl (C=O) groups excluding carboxylic acids is 1. The number of rotatable bonds is 7. The Hall–Kier alpha value is -3.85. The monoisotopic (exact) mass is 478 g/mol. The summed E-state index contributed by atoms with van der Waals surface area (Å²) in [6.07, 6.45) is 3.00. The van der Waals surface area contributed by atoms with Gasteiger partial charge in [-0.2, -0.15) is 5.21 Å². The molecule has 0 radical (unpaired) electrons. The van der Waals surface area contributed by atoms with Gasteiger partial charge in [0.1, 0.15) is 0 Å². The van der Waals surface area contributed by atoms with Crippen molar-refractivity contribution in [2.24, 2.45) is 0 Å². The zero-order valence-electron chi connectivity index (χ0n) is 18.2. The van der Waals surface area contributed by atoms with E-state index in [-0.39, 0.29) is 11.8 Å². The Labute approximate surface area is 199 Å². The molecule has 34 heavy (non-hydrogen) atoms. The van der Waals surface area contributed by atoms with Crippen molar-refractivity contribution < 1.29 is 13.9 Å². The number of hydrogen-bond donors (Lipinski definition) is 2. The number of amides is 1. The van der Waals surface area contributed by atoms with Gasteiger partial charge in [-0.25, -0.2) is 9.37 Å². The van der Waals surface area contributed by atoms with Crippen molar-refractivity contribution in [1.29, 1.82) is 0 Å². The summed E-state index contributed by atoms with van der Waals surface area (Å²) in [5, 5.41) is 17.8. The molecule has 0 aliphatic heterocycles. The van der Waals surface area contributed by atoms with Crippen LogP contribution in [0.3, 0.4) is 0 Å². The summed E-state index contributed by atoms with van der Waals surface area (Å²) < 4.78 is 19.7. The van der Waals surface area contributed by atoms with E-state index in [1.165, 1.54) is 12.3 Å². The van der Waals surface area contributed by atoms with E-state index >= 15 is 0 Å². The lowest BCUT2D eigenvalue weighted by Gasteiger charge is -2.17. The lowest BCUT2D eigenvalue weighted by molar-refractivity contribution is -0.118. The SMILES string of the molecule is CCOc1ncc(-c2ccc(NC(=O)C3(c4cccc(Cl)c4)CC3)cc2-c2nn[nH]n2)cc1F. The van der Waals surface area contributed by atoms with Crippen LogP contribution in [0.4, 0.5) is 10.1 Å². The molecule has 1 fully saturated rings. The molecular weight excluding hydrogens is 459 g/mol. The minimum Gasteiger partial charge on any atom is -0.476 e. The number of benzene rings is 2. The van der Waals surface area contributed by atoms with Crippen LogP contribution in [0, 0.1) is 5.82 Å². The molecule has 2 N–H and O–H groups in total. The highest BCUT2D eigenvalue weighted by molar-refractivity contribution is 6.30. The third kappa shape index (κ3) is 4.10. The topological polar surface area (TPSA) is 106 Å². The minimum atomic E-state index is -0.599. The van der Waals surface area contributed by atoms with Gasteiger partial charge in [-0.05, 0) is 66.4 Å². The number of nitrogens with one attached hydrogen (secondary N) is 2. The van der Waals surface area contributed by atoms with Crippen molar-refractivity contribution in [3.8, 4) is 28.4 Å². The van der Waals surface area contributed by atoms with Gasteiger partial charge < -0.3 is 10.1 Å². The molecule has 1 amide bonds. The number of carbonyl (C=O) groups is 1. The van der Waals surface area contributed by atoms with Gasteiger partial charge >= 0.3 is 0 Å². The Morgan fingerprint density at radius 2 is 2.06 bits per heavy atom. The van der Waals surface area contributed by atoms with Crippen molar-refractivity contribution in [1.82, 2.24) is 25.6 Å². The summed E-state index contributed by atoms with van der Waals surface area (Å²) in [5.74, 6) is -0.452. The largest absolute Gasteiger partial charge is 0.476 e. The van der Waals surface area contributed by atoms with Crippen LogP contribution in [0.5, 0.6) is 5.88 Å². The zero-order valence-corrected chi connectivity index (χ0v) is 18.9. The van der Waals surface area contributed by atoms with Crippen LogP contribution >= 0.6 is 11.6 Å². The molecule has 10 heteroatoms. The van der Waals surface area contributed by atoms with Crippen molar-refractivity contribution in [2.45, 2.75) is 25.2 Å². The first-order chi connectivity index (χ1) is 16.5. The molecule has 0 spiro atoms. The number of tetrazole rings is 1. The maximum Gasteiger partial charge on any atom is 0.250 e. The Bertz CT molecular complexity index is 1360. The molecule has 1 aliphatic carbocycles. The predicted molar refractivity (Wildman–Crippen MR) is 125 cm³/mol. The smallest absolute Gasteiger partial charge is 0.250 e. The number of ether oxygens (including phenoxy) is 1. The second kappa shape index (κ2) is 8.83. The predicted octanol–water partition coefficient (Wildman–Crippen LogP) is 4.79. The highest BCUT2D eigenvalue weighted by atomic mass is 35.5. The first kappa shape index (κ1) is 22.0. The lowest BCUT2D eigenvalue weighted by atomic mass is 9.94. The van der Waals surface area contributed by atoms with E-state index in [9.17, 15) is 9.18 Å². The third-order valence-corrected chi connectivity index (χ3v) is 6.06. The Balaban J connectivity index is 1.48. The van der Waals surface area contributed by atoms with Gasteiger partial charge in [0.15, 0.2) is 5.82 Å². The second-order valence-corrected chi connectivity index (χ2v) is 8.42. The van der Waals surface area contributed by atoms with E-state index in [2.05, 4.69) is 30.9 Å². The lowest BCUT2D eigenvalue weighted by Crippen LogP contribution is -2.27. The van der Waals surface area contributed by atoms with E-state index in [1.807, 2.05) is 18.2 Å². The molecule has 2 heterocycles. The van der Waals surface area contributed by atoms with Crippen LogP contribution < -0.4 is 10.1 Å². The van der Waals surface area contributed by atoms with Gasteiger partial charge in [0.2, 0.25) is 17.6 Å². The first-order valence-electron chi connectivity index (χ1n) is 10.7. The maximum absolute atomic E-state index is 14.5. The van der Waals surface area contributed by atoms with Crippen molar-refractivity contribution in [2.75, 3.05) is 11.9 Å². The molecule has 1 saturated carbocycles. The highest BCUT2D eigenvalue weighted by Gasteiger charge is 2.51. The molecule has 2 aromatic heterocycles. The Morgan fingerprint density at radius 3 is 2.74 bits per heavy atom. The molecule has 0 saturated heterocycles. The number of halogens is 2. The number of hydrogen-bond acceptors (Lipinski definition) is 6. The molecule has 4 aromatic rings. The molecule has 5 rings (SSSR count). The van der Waals surface area contributed by atoms with Crippen LogP contribution in [0.1, 0.15) is 25.3 Å². The number of anilines is 1. The summed E-state index contributed by atoms with van der Waals surface area (Å²) in [7, 11) is 0. The van der Waals surface area contributed by atoms with Gasteiger partial charge in [0, 0.05) is 28.0 Å². The third-order valence-electron chi connectivity index (χ3n) is 5.83. The summed E-state index contributed by atoms with van der Waals surface area (Å²) in [6.45, 7) is 2.07. The van der Waals surface area contributed by atoms with E-state index in [0.29, 0.717) is 39.8 Å². The maximum atomic E-state index is 14.5. The molecule has 8 nitrogen and oxygen atoms in total. The number of nitrogens with zero attached hydrogens (tertiary/aromatic N) is 4. The quantitative estimate of drug-likeness (QED) is 0.395. The van der Waals surface area contributed by atoms with Gasteiger partial charge in [0.25, 0.3) is 0 Å². The van der Waals surface area contributed by atoms with Crippen molar-refractivity contribution in [3.05, 3.63) is 71.1 Å². The van der Waals surface area contributed by atoms with Gasteiger partial charge in [0.05, 0.1) is 12.0 Å². The fraction of sp³-hybridized carbons (Fsp3) is 0.208. The van der Waals surface area contributed by atoms with Gasteiger partial charge in [-0.1, -0.05) is 29.8 Å². The molecular formula is C24H20ClFN6O2.